The Morgan fingerprint density at radius 1 is 0.603 bits per heavy atom. The largest absolute Gasteiger partial charge is 0.496 e. The number of fused-ring (bicyclic) bond motifs is 6. The van der Waals surface area contributed by atoms with Gasteiger partial charge in [-0.1, -0.05) is 22.4 Å². The molecule has 0 unspecified atom stereocenters. The van der Waals surface area contributed by atoms with Gasteiger partial charge < -0.3 is 38.6 Å². The average Bonchev–Trinajstić information content (AvgIpc) is 4.17. The highest BCUT2D eigenvalue weighted by Gasteiger charge is 2.28. The fourth-order valence-corrected chi connectivity index (χ4v) is 10.2. The maximum Gasteiger partial charge on any atom is 0.330 e. The molecule has 2 amide bonds. The van der Waals surface area contributed by atoms with Crippen molar-refractivity contribution in [1.29, 1.82) is 0 Å². The molecular formula is C56H62N12O10. The molecule has 2 aromatic carbocycles. The van der Waals surface area contributed by atoms with Gasteiger partial charge in [-0.3, -0.25) is 47.8 Å². The number of carbonyl (C=O) groups excluding carboxylic acids is 2. The quantitative estimate of drug-likeness (QED) is 0.0684. The molecule has 0 fully saturated rings. The molecule has 0 radical (unpaired) electrons. The maximum atomic E-state index is 14.4. The van der Waals surface area contributed by atoms with Crippen molar-refractivity contribution in [3.05, 3.63) is 141 Å². The highest BCUT2D eigenvalue weighted by Crippen LogP contribution is 2.41. The molecule has 10 aromatic rings. The van der Waals surface area contributed by atoms with Crippen LogP contribution in [0, 0.1) is 27.7 Å². The Kier molecular flexibility index (Phi) is 15.0. The summed E-state index contributed by atoms with van der Waals surface area (Å²) in [5, 5.41) is 15.3. The Labute approximate surface area is 448 Å². The Morgan fingerprint density at radius 3 is 1.38 bits per heavy atom. The molecule has 2 N–H and O–H groups in total. The van der Waals surface area contributed by atoms with Crippen LogP contribution in [0.25, 0.3) is 66.1 Å². The van der Waals surface area contributed by atoms with E-state index in [4.69, 9.17) is 38.0 Å². The van der Waals surface area contributed by atoms with E-state index in [1.54, 1.807) is 48.1 Å². The summed E-state index contributed by atoms with van der Waals surface area (Å²) in [6.07, 6.45) is 6.56. The van der Waals surface area contributed by atoms with Gasteiger partial charge in [-0.15, -0.1) is 0 Å². The summed E-state index contributed by atoms with van der Waals surface area (Å²) in [4.78, 5) is 74.4. The number of imidazole rings is 2. The topological polar surface area (TPSA) is 253 Å². The van der Waals surface area contributed by atoms with Gasteiger partial charge in [0.05, 0.1) is 132 Å². The number of pyridine rings is 4. The zero-order valence-electron chi connectivity index (χ0n) is 44.4. The fraction of sp³-hybridized carbons (Fsp3) is 0.321. The van der Waals surface area contributed by atoms with Crippen LogP contribution in [0.15, 0.2) is 104 Å². The molecule has 0 spiro atoms. The van der Waals surface area contributed by atoms with E-state index in [0.717, 1.165) is 22.3 Å². The second-order valence-electron chi connectivity index (χ2n) is 18.8. The summed E-state index contributed by atoms with van der Waals surface area (Å²) in [5.74, 6) is 1.54. The SMILES string of the molecule is COc1cc2c(cc1-c1c(C)noc1C)ncc1c2n([C@H](C)c2ccccn2)c(=O)n1CC(=O)NCCOCCOCCNC(=O)Cn1c(=O)n([C@H](C)c2ccccn2)c2c3cc(OC)c(-c4c(C)noc4C)cc3ncc21.[HH].[HH]. The number of methoxy groups -OCH3 is 2. The molecule has 22 nitrogen and oxygen atoms in total. The van der Waals surface area contributed by atoms with Crippen molar-refractivity contribution in [2.24, 2.45) is 0 Å². The van der Waals surface area contributed by atoms with Gasteiger partial charge in [0.2, 0.25) is 11.8 Å². The third kappa shape index (κ3) is 9.86. The van der Waals surface area contributed by atoms with Crippen LogP contribution in [-0.2, 0) is 32.2 Å². The molecule has 8 aromatic heterocycles. The predicted molar refractivity (Wildman–Crippen MR) is 294 cm³/mol. The van der Waals surface area contributed by atoms with E-state index in [1.807, 2.05) is 102 Å². The Bertz CT molecular complexity index is 3710. The molecule has 0 bridgehead atoms. The fourth-order valence-electron chi connectivity index (χ4n) is 10.2. The van der Waals surface area contributed by atoms with Crippen LogP contribution < -0.4 is 31.5 Å². The first kappa shape index (κ1) is 52.4. The first-order valence-corrected chi connectivity index (χ1v) is 25.4. The van der Waals surface area contributed by atoms with Crippen LogP contribution in [0.4, 0.5) is 0 Å². The van der Waals surface area contributed by atoms with E-state index < -0.39 is 35.3 Å². The van der Waals surface area contributed by atoms with Gasteiger partial charge in [-0.25, -0.2) is 9.59 Å². The molecule has 22 heteroatoms. The summed E-state index contributed by atoms with van der Waals surface area (Å²) in [5.41, 5.74) is 8.29. The molecule has 2 atom stereocenters. The van der Waals surface area contributed by atoms with E-state index in [-0.39, 0.29) is 55.5 Å². The second-order valence-corrected chi connectivity index (χ2v) is 18.8. The first-order valence-electron chi connectivity index (χ1n) is 25.4. The van der Waals surface area contributed by atoms with Crippen molar-refractivity contribution in [2.45, 2.75) is 66.7 Å². The van der Waals surface area contributed by atoms with Gasteiger partial charge in [0.15, 0.2) is 0 Å². The Balaban J connectivity index is 0.00000420. The summed E-state index contributed by atoms with van der Waals surface area (Å²) in [6.45, 7) is 11.8. The van der Waals surface area contributed by atoms with E-state index in [9.17, 15) is 19.2 Å². The highest BCUT2D eigenvalue weighted by atomic mass is 16.5. The minimum absolute atomic E-state index is 0. The van der Waals surface area contributed by atoms with Gasteiger partial charge >= 0.3 is 11.4 Å². The molecule has 0 saturated carbocycles. The van der Waals surface area contributed by atoms with Gasteiger partial charge in [0.25, 0.3) is 0 Å². The number of aromatic nitrogens is 10. The van der Waals surface area contributed by atoms with Crippen molar-refractivity contribution in [3.8, 4) is 33.8 Å². The number of hydrogen-bond donors (Lipinski definition) is 2. The molecule has 0 saturated heterocycles. The Hall–Kier alpha value is -9.02. The summed E-state index contributed by atoms with van der Waals surface area (Å²) >= 11 is 0. The number of benzene rings is 2. The molecule has 8 heterocycles. The summed E-state index contributed by atoms with van der Waals surface area (Å²) in [7, 11) is 3.15. The number of rotatable bonds is 21. The maximum absolute atomic E-state index is 14.4. The van der Waals surface area contributed by atoms with E-state index in [0.29, 0.717) is 89.7 Å². The predicted octanol–water partition coefficient (Wildman–Crippen LogP) is 7.04. The van der Waals surface area contributed by atoms with Crippen LogP contribution >= 0.6 is 0 Å². The lowest BCUT2D eigenvalue weighted by atomic mass is 10.00. The molecule has 10 rings (SSSR count). The molecule has 78 heavy (non-hydrogen) atoms. The molecule has 0 aliphatic rings. The Morgan fingerprint density at radius 2 is 1.03 bits per heavy atom. The standard InChI is InChI=1S/C56H58N12O10.2H2/c1-31-51(35(5)77-63-31)39-23-43-37(25-47(39)73-7)53-45(27-61-43)65(55(71)67(53)33(3)41-13-9-11-15-57-41)29-49(69)59-17-19-75-21-22-76-20-18-60-50(70)30-66-46-28-62-44-24-40(52-32(2)64-78-36(52)6)48(74-8)26-38(44)54(46)68(56(66)72)34(4)42-14-10-12-16-58-42;;/h9-16,23-28,33-34H,17-22,29-30H2,1-8H3,(H,59,69)(H,60,70);2*1H/t33-,34-;;/m1../s1. The second kappa shape index (κ2) is 22.3. The van der Waals surface area contributed by atoms with Crippen molar-refractivity contribution in [3.63, 3.8) is 0 Å². The number of hydrogen-bond acceptors (Lipinski definition) is 16. The third-order valence-corrected chi connectivity index (χ3v) is 13.9. The lowest BCUT2D eigenvalue weighted by molar-refractivity contribution is -0.122. The first-order chi connectivity index (χ1) is 37.8. The molecule has 406 valence electrons. The lowest BCUT2D eigenvalue weighted by Gasteiger charge is -2.15. The van der Waals surface area contributed by atoms with Crippen LogP contribution in [0.1, 0.15) is 63.1 Å². The van der Waals surface area contributed by atoms with Gasteiger partial charge in [-0.05, 0) is 90.1 Å². The van der Waals surface area contributed by atoms with Crippen molar-refractivity contribution < 1.29 is 40.4 Å². The third-order valence-electron chi connectivity index (χ3n) is 13.9. The monoisotopic (exact) mass is 1060 g/mol. The van der Waals surface area contributed by atoms with Crippen LogP contribution in [0.2, 0.25) is 0 Å². The lowest BCUT2D eigenvalue weighted by Crippen LogP contribution is -2.35. The number of aryl methyl sites for hydroxylation is 4. The number of nitrogens with one attached hydrogen (secondary N) is 2. The zero-order chi connectivity index (χ0) is 54.8. The number of carbonyl (C=O) groups is 2. The van der Waals surface area contributed by atoms with Crippen LogP contribution in [-0.4, -0.2) is 114 Å². The molecule has 0 aliphatic carbocycles. The molecular weight excluding hydrogens is 1000 g/mol. The van der Waals surface area contributed by atoms with E-state index in [2.05, 4.69) is 30.9 Å². The summed E-state index contributed by atoms with van der Waals surface area (Å²) < 4.78 is 40.2. The van der Waals surface area contributed by atoms with Gasteiger partial charge in [-0.2, -0.15) is 0 Å². The number of nitrogens with zero attached hydrogens (tertiary/aromatic N) is 10. The van der Waals surface area contributed by atoms with Gasteiger partial charge in [0.1, 0.15) is 36.1 Å². The minimum atomic E-state index is -0.504. The van der Waals surface area contributed by atoms with Crippen molar-refractivity contribution in [2.75, 3.05) is 53.7 Å². The number of amides is 2. The van der Waals surface area contributed by atoms with Crippen molar-refractivity contribution in [1.82, 2.24) is 59.2 Å². The molecule has 0 aliphatic heterocycles. The highest BCUT2D eigenvalue weighted by molar-refractivity contribution is 6.06. The normalized spacial score (nSPS) is 12.5. The van der Waals surface area contributed by atoms with Crippen molar-refractivity contribution >= 4 is 55.7 Å². The number of ether oxygens (including phenoxy) is 4. The smallest absolute Gasteiger partial charge is 0.330 e. The zero-order valence-corrected chi connectivity index (χ0v) is 44.4. The van der Waals surface area contributed by atoms with E-state index in [1.165, 1.54) is 9.13 Å². The van der Waals surface area contributed by atoms with Gasteiger partial charge in [0, 0.05) is 50.2 Å². The summed E-state index contributed by atoms with van der Waals surface area (Å²) in [6, 6.07) is 17.5. The van der Waals surface area contributed by atoms with Crippen LogP contribution in [0.3, 0.4) is 0 Å². The van der Waals surface area contributed by atoms with E-state index >= 15 is 0 Å². The van der Waals surface area contributed by atoms with Crippen LogP contribution in [0.5, 0.6) is 11.5 Å². The minimum Gasteiger partial charge on any atom is -0.496 e. The average molecular weight is 1060 g/mol.